The van der Waals surface area contributed by atoms with Gasteiger partial charge in [0.2, 0.25) is 0 Å². The molecule has 1 unspecified atom stereocenters. The van der Waals surface area contributed by atoms with Crippen molar-refractivity contribution >= 4 is 11.5 Å². The summed E-state index contributed by atoms with van der Waals surface area (Å²) in [6.45, 7) is 4.13. The van der Waals surface area contributed by atoms with Gasteiger partial charge in [-0.15, -0.1) is 0 Å². The van der Waals surface area contributed by atoms with Gasteiger partial charge in [0, 0.05) is 23.0 Å². The summed E-state index contributed by atoms with van der Waals surface area (Å²) in [4.78, 5) is 15.5. The number of allylic oxidation sites excluding steroid dienone is 1. The lowest BCUT2D eigenvalue weighted by Crippen LogP contribution is -2.29. The van der Waals surface area contributed by atoms with Crippen LogP contribution in [0, 0.1) is 5.92 Å². The molecule has 0 radical (unpaired) electrons. The van der Waals surface area contributed by atoms with Crippen molar-refractivity contribution in [3.05, 3.63) is 58.5 Å². The number of carbonyl (C=O) groups is 1. The van der Waals surface area contributed by atoms with E-state index in [1.54, 1.807) is 26.1 Å². The maximum Gasteiger partial charge on any atom is 0.416 e. The fraction of sp³-hybridized carbons (Fsp3) is 0.409. The lowest BCUT2D eigenvalue weighted by atomic mass is 9.90. The first-order valence-electron chi connectivity index (χ1n) is 9.95. The van der Waals surface area contributed by atoms with Gasteiger partial charge in [-0.3, -0.25) is 0 Å². The molecule has 0 spiro atoms. The highest BCUT2D eigenvalue weighted by Gasteiger charge is 2.36. The molecule has 1 aliphatic carbocycles. The fourth-order valence-electron chi connectivity index (χ4n) is 3.67. The van der Waals surface area contributed by atoms with Gasteiger partial charge in [0.05, 0.1) is 30.5 Å². The van der Waals surface area contributed by atoms with Gasteiger partial charge in [-0.25, -0.2) is 4.79 Å². The first-order valence-corrected chi connectivity index (χ1v) is 9.95. The molecule has 1 aromatic carbocycles. The highest BCUT2D eigenvalue weighted by molar-refractivity contribution is 6.17. The van der Waals surface area contributed by atoms with Gasteiger partial charge in [-0.05, 0) is 56.9 Å². The summed E-state index contributed by atoms with van der Waals surface area (Å²) in [7, 11) is 0. The van der Waals surface area contributed by atoms with Crippen molar-refractivity contribution in [2.24, 2.45) is 5.92 Å². The molecule has 1 saturated carbocycles. The zero-order valence-electron chi connectivity index (χ0n) is 16.7. The van der Waals surface area contributed by atoms with E-state index in [-0.39, 0.29) is 6.61 Å². The number of halogens is 3. The highest BCUT2D eigenvalue weighted by atomic mass is 19.4. The van der Waals surface area contributed by atoms with E-state index in [1.165, 1.54) is 6.07 Å². The average molecular weight is 420 g/mol. The van der Waals surface area contributed by atoms with Crippen molar-refractivity contribution in [1.82, 2.24) is 10.3 Å². The Morgan fingerprint density at radius 2 is 1.97 bits per heavy atom. The second-order valence-electron chi connectivity index (χ2n) is 7.61. The molecule has 2 N–H and O–H groups in total. The van der Waals surface area contributed by atoms with E-state index in [9.17, 15) is 18.0 Å². The molecule has 0 amide bonds. The predicted molar refractivity (Wildman–Crippen MR) is 105 cm³/mol. The number of alkyl halides is 3. The third kappa shape index (κ3) is 3.91. The van der Waals surface area contributed by atoms with Crippen LogP contribution >= 0.6 is 0 Å². The number of H-pyrrole nitrogens is 1. The van der Waals surface area contributed by atoms with Crippen LogP contribution in [0.25, 0.3) is 5.57 Å². The Labute approximate surface area is 172 Å². The highest BCUT2D eigenvalue weighted by Crippen LogP contribution is 2.42. The average Bonchev–Trinajstić information content (AvgIpc) is 3.40. The number of benzene rings is 1. The van der Waals surface area contributed by atoms with Gasteiger partial charge in [-0.1, -0.05) is 0 Å². The quantitative estimate of drug-likeness (QED) is 0.659. The Balaban J connectivity index is 1.77. The molecule has 1 aliphatic heterocycles. The maximum absolute atomic E-state index is 13.4. The number of carbonyl (C=O) groups excluding carboxylic acids is 1. The molecule has 2 aromatic rings. The van der Waals surface area contributed by atoms with Crippen molar-refractivity contribution < 1.29 is 27.4 Å². The molecular formula is C22H23F3N2O3. The molecule has 30 heavy (non-hydrogen) atoms. The molecule has 1 atom stereocenters. The third-order valence-electron chi connectivity index (χ3n) is 5.38. The van der Waals surface area contributed by atoms with Crippen LogP contribution in [0.15, 0.2) is 36.2 Å². The zero-order valence-corrected chi connectivity index (χ0v) is 16.7. The van der Waals surface area contributed by atoms with Gasteiger partial charge in [0.25, 0.3) is 0 Å². The van der Waals surface area contributed by atoms with Crippen molar-refractivity contribution in [3.63, 3.8) is 0 Å². The summed E-state index contributed by atoms with van der Waals surface area (Å²) in [5.41, 5.74) is 1.72. The van der Waals surface area contributed by atoms with Gasteiger partial charge >= 0.3 is 12.1 Å². The normalized spacial score (nSPS) is 18.6. The summed E-state index contributed by atoms with van der Waals surface area (Å²) in [6.07, 6.45) is -0.662. The van der Waals surface area contributed by atoms with E-state index in [0.717, 1.165) is 25.0 Å². The molecule has 160 valence electrons. The van der Waals surface area contributed by atoms with Crippen LogP contribution in [0.1, 0.15) is 55.1 Å². The van der Waals surface area contributed by atoms with Crippen LogP contribution < -0.4 is 10.1 Å². The standard InChI is InChI=1S/C22H23F3N2O3/c1-3-29-21(28)18-12(2)27-19(15-8-9-26-20(15)18)16-10-14(22(23,24)25)6-7-17(16)30-11-13-4-5-13/h6-10,13,19,26-27H,3-5,11H2,1-2H3. The third-order valence-corrected chi connectivity index (χ3v) is 5.38. The largest absolute Gasteiger partial charge is 0.493 e. The molecule has 1 aromatic heterocycles. The van der Waals surface area contributed by atoms with Crippen molar-refractivity contribution in [2.75, 3.05) is 13.2 Å². The second kappa shape index (κ2) is 7.74. The number of hydrogen-bond donors (Lipinski definition) is 2. The molecule has 0 bridgehead atoms. The molecule has 8 heteroatoms. The Bertz CT molecular complexity index is 990. The Kier molecular flexibility index (Phi) is 5.26. The molecule has 4 rings (SSSR count). The second-order valence-corrected chi connectivity index (χ2v) is 7.61. The molecule has 2 heterocycles. The molecular weight excluding hydrogens is 397 g/mol. The summed E-state index contributed by atoms with van der Waals surface area (Å²) < 4.78 is 51.3. The Morgan fingerprint density at radius 3 is 2.63 bits per heavy atom. The van der Waals surface area contributed by atoms with Crippen molar-refractivity contribution in [3.8, 4) is 5.75 Å². The number of aromatic amines is 1. The van der Waals surface area contributed by atoms with E-state index in [4.69, 9.17) is 9.47 Å². The summed E-state index contributed by atoms with van der Waals surface area (Å²) >= 11 is 0. The summed E-state index contributed by atoms with van der Waals surface area (Å²) in [6, 6.07) is 4.71. The van der Waals surface area contributed by atoms with E-state index >= 15 is 0 Å². The number of rotatable bonds is 6. The first kappa shape index (κ1) is 20.4. The monoisotopic (exact) mass is 420 g/mol. The number of nitrogens with one attached hydrogen (secondary N) is 2. The first-order chi connectivity index (χ1) is 14.3. The van der Waals surface area contributed by atoms with Crippen molar-refractivity contribution in [2.45, 2.75) is 38.9 Å². The van der Waals surface area contributed by atoms with Gasteiger partial charge in [-0.2, -0.15) is 13.2 Å². The minimum Gasteiger partial charge on any atom is -0.493 e. The molecule has 5 nitrogen and oxygen atoms in total. The molecule has 0 saturated heterocycles. The minimum absolute atomic E-state index is 0.224. The molecule has 2 aliphatic rings. The van der Waals surface area contributed by atoms with E-state index in [0.29, 0.717) is 46.4 Å². The zero-order chi connectivity index (χ0) is 21.5. The lowest BCUT2D eigenvalue weighted by Gasteiger charge is -2.29. The SMILES string of the molecule is CCOC(=O)C1=C(C)NC(c2cc(C(F)(F)F)ccc2OCC2CC2)c2cc[nH]c21. The number of aromatic nitrogens is 1. The smallest absolute Gasteiger partial charge is 0.416 e. The summed E-state index contributed by atoms with van der Waals surface area (Å²) in [5, 5.41) is 3.20. The molecule has 1 fully saturated rings. The Morgan fingerprint density at radius 1 is 1.20 bits per heavy atom. The number of hydrogen-bond acceptors (Lipinski definition) is 4. The van der Waals surface area contributed by atoms with Gasteiger partial charge < -0.3 is 19.8 Å². The minimum atomic E-state index is -4.47. The van der Waals surface area contributed by atoms with Crippen LogP contribution in [0.5, 0.6) is 5.75 Å². The van der Waals surface area contributed by atoms with Crippen LogP contribution in [0.2, 0.25) is 0 Å². The Hall–Kier alpha value is -2.90. The predicted octanol–water partition coefficient (Wildman–Crippen LogP) is 4.81. The van der Waals surface area contributed by atoms with Gasteiger partial charge in [0.1, 0.15) is 11.3 Å². The van der Waals surface area contributed by atoms with Crippen LogP contribution in [0.4, 0.5) is 13.2 Å². The number of ether oxygens (including phenoxy) is 2. The number of fused-ring (bicyclic) bond motifs is 1. The number of esters is 1. The summed E-state index contributed by atoms with van der Waals surface area (Å²) in [5.74, 6) is 0.380. The fourth-order valence-corrected chi connectivity index (χ4v) is 3.67. The van der Waals surface area contributed by atoms with E-state index in [1.807, 2.05) is 0 Å². The van der Waals surface area contributed by atoms with Crippen LogP contribution in [-0.2, 0) is 15.7 Å². The van der Waals surface area contributed by atoms with Crippen LogP contribution in [0.3, 0.4) is 0 Å². The maximum atomic E-state index is 13.4. The lowest BCUT2D eigenvalue weighted by molar-refractivity contribution is -0.138. The topological polar surface area (TPSA) is 63.4 Å². The van der Waals surface area contributed by atoms with Gasteiger partial charge in [0.15, 0.2) is 0 Å². The van der Waals surface area contributed by atoms with Crippen molar-refractivity contribution in [1.29, 1.82) is 0 Å². The van der Waals surface area contributed by atoms with E-state index < -0.39 is 23.8 Å². The van der Waals surface area contributed by atoms with Crippen LogP contribution in [-0.4, -0.2) is 24.2 Å². The van der Waals surface area contributed by atoms with E-state index in [2.05, 4.69) is 10.3 Å².